The van der Waals surface area contributed by atoms with E-state index >= 15 is 0 Å². The van der Waals surface area contributed by atoms with E-state index in [0.29, 0.717) is 29.6 Å². The monoisotopic (exact) mass is 399 g/mol. The van der Waals surface area contributed by atoms with E-state index < -0.39 is 17.2 Å². The van der Waals surface area contributed by atoms with E-state index in [2.05, 4.69) is 15.3 Å². The number of carbonyl (C=O) groups is 1. The van der Waals surface area contributed by atoms with Gasteiger partial charge in [0, 0.05) is 42.1 Å². The van der Waals surface area contributed by atoms with E-state index in [9.17, 15) is 18.4 Å². The van der Waals surface area contributed by atoms with Gasteiger partial charge in [0.25, 0.3) is 11.5 Å². The summed E-state index contributed by atoms with van der Waals surface area (Å²) in [5, 5.41) is 10.4. The molecule has 0 aromatic carbocycles. The average molecular weight is 399 g/mol. The topological polar surface area (TPSA) is 112 Å². The molecule has 1 amide bonds. The molecule has 3 N–H and O–H groups in total. The lowest BCUT2D eigenvalue weighted by molar-refractivity contribution is 0.102. The number of halogens is 2. The summed E-state index contributed by atoms with van der Waals surface area (Å²) >= 11 is 0. The summed E-state index contributed by atoms with van der Waals surface area (Å²) in [5.41, 5.74) is 1.78. The molecule has 0 fully saturated rings. The second kappa shape index (κ2) is 9.98. The van der Waals surface area contributed by atoms with Gasteiger partial charge in [-0.25, -0.2) is 13.8 Å². The first-order chi connectivity index (χ1) is 13.8. The third-order valence-corrected chi connectivity index (χ3v) is 3.81. The summed E-state index contributed by atoms with van der Waals surface area (Å²) in [4.78, 5) is 32.2. The van der Waals surface area contributed by atoms with Crippen LogP contribution in [0.3, 0.4) is 0 Å². The fourth-order valence-corrected chi connectivity index (χ4v) is 2.17. The summed E-state index contributed by atoms with van der Waals surface area (Å²) < 4.78 is 23.9. The van der Waals surface area contributed by atoms with Crippen LogP contribution in [0.5, 0.6) is 0 Å². The number of pyridine rings is 3. The van der Waals surface area contributed by atoms with Crippen LogP contribution in [-0.4, -0.2) is 26.6 Å². The van der Waals surface area contributed by atoms with Gasteiger partial charge in [0.1, 0.15) is 11.6 Å². The molecule has 3 heterocycles. The number of aryl methyl sites for hydroxylation is 1. The number of aromatic amines is 1. The molecular formula is C20H19F2N5O2. The average Bonchev–Trinajstić information content (AvgIpc) is 2.71. The van der Waals surface area contributed by atoms with Crippen LogP contribution < -0.4 is 10.9 Å². The molecule has 0 radical (unpaired) electrons. The smallest absolute Gasteiger partial charge is 0.284 e. The highest BCUT2D eigenvalue weighted by Gasteiger charge is 2.10. The van der Waals surface area contributed by atoms with Crippen molar-refractivity contribution in [3.8, 4) is 0 Å². The Bertz CT molecular complexity index is 1060. The van der Waals surface area contributed by atoms with Gasteiger partial charge in [0.2, 0.25) is 0 Å². The van der Waals surface area contributed by atoms with Gasteiger partial charge in [0.05, 0.1) is 5.56 Å². The standard InChI is InChI=1S/C15H16N4O.C5H3F2NO/c1-3-13(16)11-4-5-14(18-8-11)19-15(20)12-9-17-7-6-10(12)2;6-3-1-4(7)5(9)8-2-3/h4-9,16H,3H2,1-2H3,(H,18,19,20);1-2H,(H,8,9). The first-order valence-corrected chi connectivity index (χ1v) is 8.61. The van der Waals surface area contributed by atoms with Gasteiger partial charge >= 0.3 is 0 Å². The molecule has 0 aliphatic rings. The summed E-state index contributed by atoms with van der Waals surface area (Å²) in [6.07, 6.45) is 6.23. The van der Waals surface area contributed by atoms with Crippen molar-refractivity contribution in [2.45, 2.75) is 20.3 Å². The van der Waals surface area contributed by atoms with Crippen molar-refractivity contribution in [2.24, 2.45) is 0 Å². The fraction of sp³-hybridized carbons (Fsp3) is 0.150. The van der Waals surface area contributed by atoms with Crippen LogP contribution in [0.15, 0.2) is 53.8 Å². The lowest BCUT2D eigenvalue weighted by Gasteiger charge is -2.07. The SMILES string of the molecule is CCC(=N)c1ccc(NC(=O)c2cnccc2C)nc1.O=c1[nH]cc(F)cc1F. The number of carbonyl (C=O) groups excluding carboxylic acids is 1. The highest BCUT2D eigenvalue weighted by atomic mass is 19.1. The van der Waals surface area contributed by atoms with Crippen LogP contribution >= 0.6 is 0 Å². The Kier molecular flexibility index (Phi) is 7.41. The van der Waals surface area contributed by atoms with Crippen molar-refractivity contribution in [1.82, 2.24) is 15.0 Å². The summed E-state index contributed by atoms with van der Waals surface area (Å²) in [5.74, 6) is -1.66. The van der Waals surface area contributed by atoms with Gasteiger partial charge < -0.3 is 15.7 Å². The molecule has 3 rings (SSSR count). The third-order valence-electron chi connectivity index (χ3n) is 3.81. The van der Waals surface area contributed by atoms with Crippen LogP contribution in [0.4, 0.5) is 14.6 Å². The van der Waals surface area contributed by atoms with E-state index in [0.717, 1.165) is 17.3 Å². The van der Waals surface area contributed by atoms with Gasteiger partial charge in [-0.2, -0.15) is 0 Å². The Hall–Kier alpha value is -3.75. The van der Waals surface area contributed by atoms with E-state index in [1.54, 1.807) is 30.6 Å². The van der Waals surface area contributed by atoms with E-state index in [-0.39, 0.29) is 5.91 Å². The minimum atomic E-state index is -1.10. The molecule has 29 heavy (non-hydrogen) atoms. The fourth-order valence-electron chi connectivity index (χ4n) is 2.17. The first-order valence-electron chi connectivity index (χ1n) is 8.61. The first kappa shape index (κ1) is 21.5. The maximum Gasteiger partial charge on any atom is 0.284 e. The van der Waals surface area contributed by atoms with Crippen LogP contribution in [0.1, 0.15) is 34.8 Å². The van der Waals surface area contributed by atoms with Crippen molar-refractivity contribution < 1.29 is 13.6 Å². The van der Waals surface area contributed by atoms with Crippen LogP contribution in [0, 0.1) is 24.0 Å². The van der Waals surface area contributed by atoms with Crippen molar-refractivity contribution in [1.29, 1.82) is 5.41 Å². The van der Waals surface area contributed by atoms with E-state index in [1.807, 2.05) is 18.8 Å². The Labute approximate surface area is 165 Å². The minimum Gasteiger partial charge on any atom is -0.324 e. The van der Waals surface area contributed by atoms with Crippen molar-refractivity contribution in [3.63, 3.8) is 0 Å². The second-order valence-corrected chi connectivity index (χ2v) is 5.90. The Morgan fingerprint density at radius 1 is 1.24 bits per heavy atom. The van der Waals surface area contributed by atoms with E-state index in [4.69, 9.17) is 5.41 Å². The van der Waals surface area contributed by atoms with Gasteiger partial charge in [0.15, 0.2) is 5.82 Å². The van der Waals surface area contributed by atoms with Gasteiger partial charge in [-0.1, -0.05) is 6.92 Å². The van der Waals surface area contributed by atoms with Gasteiger partial charge in [-0.3, -0.25) is 14.6 Å². The van der Waals surface area contributed by atoms with Gasteiger partial charge in [-0.15, -0.1) is 0 Å². The molecule has 7 nitrogen and oxygen atoms in total. The summed E-state index contributed by atoms with van der Waals surface area (Å²) in [6.45, 7) is 3.78. The van der Waals surface area contributed by atoms with E-state index in [1.165, 1.54) is 6.20 Å². The molecule has 0 bridgehead atoms. The molecule has 0 saturated heterocycles. The van der Waals surface area contributed by atoms with Crippen molar-refractivity contribution in [3.05, 3.63) is 87.7 Å². The molecule has 9 heteroatoms. The van der Waals surface area contributed by atoms with Crippen molar-refractivity contribution in [2.75, 3.05) is 5.32 Å². The lowest BCUT2D eigenvalue weighted by atomic mass is 10.1. The number of nitrogens with zero attached hydrogens (tertiary/aromatic N) is 2. The van der Waals surface area contributed by atoms with Gasteiger partial charge in [-0.05, 0) is 37.1 Å². The molecule has 150 valence electrons. The molecule has 3 aromatic heterocycles. The number of aromatic nitrogens is 3. The summed E-state index contributed by atoms with van der Waals surface area (Å²) in [6, 6.07) is 5.79. The number of rotatable bonds is 4. The van der Waals surface area contributed by atoms with Crippen LogP contribution in [-0.2, 0) is 0 Å². The number of anilines is 1. The molecule has 3 aromatic rings. The zero-order valence-electron chi connectivity index (χ0n) is 15.8. The molecule has 0 spiro atoms. The number of nitrogens with one attached hydrogen (secondary N) is 3. The largest absolute Gasteiger partial charge is 0.324 e. The predicted molar refractivity (Wildman–Crippen MR) is 105 cm³/mol. The Morgan fingerprint density at radius 2 is 2.00 bits per heavy atom. The number of amides is 1. The maximum atomic E-state index is 12.1. The second-order valence-electron chi connectivity index (χ2n) is 5.90. The predicted octanol–water partition coefficient (Wildman–Crippen LogP) is 3.47. The number of H-pyrrole nitrogens is 1. The van der Waals surface area contributed by atoms with Crippen LogP contribution in [0.2, 0.25) is 0 Å². The van der Waals surface area contributed by atoms with Crippen molar-refractivity contribution >= 4 is 17.4 Å². The Balaban J connectivity index is 0.000000278. The minimum absolute atomic E-state index is 0.235. The third kappa shape index (κ3) is 6.13. The maximum absolute atomic E-state index is 12.1. The zero-order valence-corrected chi connectivity index (χ0v) is 15.8. The number of hydrogen-bond acceptors (Lipinski definition) is 5. The Morgan fingerprint density at radius 3 is 2.55 bits per heavy atom. The highest BCUT2D eigenvalue weighted by Crippen LogP contribution is 2.11. The summed E-state index contributed by atoms with van der Waals surface area (Å²) in [7, 11) is 0. The molecule has 0 atom stereocenters. The molecule has 0 unspecified atom stereocenters. The zero-order chi connectivity index (χ0) is 21.4. The number of hydrogen-bond donors (Lipinski definition) is 3. The van der Waals surface area contributed by atoms with Crippen LogP contribution in [0.25, 0.3) is 0 Å². The molecule has 0 aliphatic carbocycles. The highest BCUT2D eigenvalue weighted by molar-refractivity contribution is 6.04. The lowest BCUT2D eigenvalue weighted by Crippen LogP contribution is -2.14. The molecule has 0 aliphatic heterocycles. The normalized spacial score (nSPS) is 9.93. The molecular weight excluding hydrogens is 380 g/mol. The quantitative estimate of drug-likeness (QED) is 0.583. The molecule has 0 saturated carbocycles.